The lowest BCUT2D eigenvalue weighted by Gasteiger charge is -2.28. The predicted molar refractivity (Wildman–Crippen MR) is 102 cm³/mol. The van der Waals surface area contributed by atoms with Gasteiger partial charge in [0.05, 0.1) is 22.7 Å². The Morgan fingerprint density at radius 2 is 1.88 bits per heavy atom. The first-order chi connectivity index (χ1) is 11.9. The van der Waals surface area contributed by atoms with E-state index < -0.39 is 5.91 Å². The van der Waals surface area contributed by atoms with Crippen molar-refractivity contribution in [2.75, 3.05) is 23.0 Å². The highest BCUT2D eigenvalue weighted by molar-refractivity contribution is 6.07. The molecule has 0 fully saturated rings. The molecule has 6 heteroatoms. The summed E-state index contributed by atoms with van der Waals surface area (Å²) in [6.07, 6.45) is 1.10. The van der Waals surface area contributed by atoms with E-state index in [1.807, 2.05) is 38.1 Å². The lowest BCUT2D eigenvalue weighted by Crippen LogP contribution is -2.28. The summed E-state index contributed by atoms with van der Waals surface area (Å²) in [5.74, 6) is -0.616. The van der Waals surface area contributed by atoms with Gasteiger partial charge in [-0.3, -0.25) is 14.5 Å². The molecule has 0 saturated carbocycles. The molecule has 0 spiro atoms. The number of hydrogen-bond acceptors (Lipinski definition) is 4. The molecule has 0 aliphatic carbocycles. The minimum atomic E-state index is -0.552. The van der Waals surface area contributed by atoms with Crippen molar-refractivity contribution in [1.82, 2.24) is 0 Å². The summed E-state index contributed by atoms with van der Waals surface area (Å²) in [5, 5.41) is 3.10. The molecule has 0 aliphatic rings. The Bertz CT molecular complexity index is 779. The molecule has 5 N–H and O–H groups in total. The molecule has 132 valence electrons. The summed E-state index contributed by atoms with van der Waals surface area (Å²) in [6.45, 7) is 3.76. The number of hydrogen-bond donors (Lipinski definition) is 3. The summed E-state index contributed by atoms with van der Waals surface area (Å²) in [7, 11) is 1.80. The van der Waals surface area contributed by atoms with E-state index in [0.29, 0.717) is 34.6 Å². The zero-order valence-electron chi connectivity index (χ0n) is 14.8. The highest BCUT2D eigenvalue weighted by Gasteiger charge is 2.24. The molecule has 2 rings (SSSR count). The highest BCUT2D eigenvalue weighted by atomic mass is 16.2. The molecule has 0 unspecified atom stereocenters. The zero-order valence-corrected chi connectivity index (χ0v) is 14.8. The second-order valence-corrected chi connectivity index (χ2v) is 5.84. The van der Waals surface area contributed by atoms with Crippen LogP contribution in [0.2, 0.25) is 0 Å². The lowest BCUT2D eigenvalue weighted by molar-refractivity contribution is -0.117. The topological polar surface area (TPSA) is 101 Å². The number of rotatable bonds is 6. The maximum atomic E-state index is 12.9. The number of carbonyl (C=O) groups excluding carboxylic acids is 2. The highest BCUT2D eigenvalue weighted by Crippen LogP contribution is 2.38. The standard InChI is InChI=1S/C19H24N4O2/c1-4-7-17(24)23(16-9-6-5-8-15(16)22-3)18-12(2)10-13(19(21)25)11-14(18)20/h5-6,8-11,22H,4,7,20H2,1-3H3,(H2,21,25). The van der Waals surface area contributed by atoms with Crippen molar-refractivity contribution in [3.63, 3.8) is 0 Å². The van der Waals surface area contributed by atoms with Crippen LogP contribution in [-0.4, -0.2) is 18.9 Å². The normalized spacial score (nSPS) is 10.4. The molecule has 0 saturated heterocycles. The summed E-state index contributed by atoms with van der Waals surface area (Å²) >= 11 is 0. The average molecular weight is 340 g/mol. The van der Waals surface area contributed by atoms with Crippen molar-refractivity contribution in [1.29, 1.82) is 0 Å². The fourth-order valence-electron chi connectivity index (χ4n) is 2.84. The van der Waals surface area contributed by atoms with Gasteiger partial charge in [0.25, 0.3) is 0 Å². The lowest BCUT2D eigenvalue weighted by atomic mass is 10.0. The van der Waals surface area contributed by atoms with E-state index in [1.165, 1.54) is 6.07 Å². The Kier molecular flexibility index (Phi) is 5.64. The molecule has 6 nitrogen and oxygen atoms in total. The van der Waals surface area contributed by atoms with E-state index >= 15 is 0 Å². The summed E-state index contributed by atoms with van der Waals surface area (Å²) in [5.41, 5.74) is 15.0. The van der Waals surface area contributed by atoms with Gasteiger partial charge < -0.3 is 16.8 Å². The average Bonchev–Trinajstić information content (AvgIpc) is 2.58. The van der Waals surface area contributed by atoms with Crippen LogP contribution in [0.4, 0.5) is 22.7 Å². The number of anilines is 4. The van der Waals surface area contributed by atoms with Crippen LogP contribution in [0.5, 0.6) is 0 Å². The minimum absolute atomic E-state index is 0.0631. The molecule has 0 bridgehead atoms. The first-order valence-electron chi connectivity index (χ1n) is 8.20. The van der Waals surface area contributed by atoms with E-state index in [2.05, 4.69) is 5.32 Å². The summed E-state index contributed by atoms with van der Waals surface area (Å²) in [6, 6.07) is 10.7. The Morgan fingerprint density at radius 1 is 1.20 bits per heavy atom. The van der Waals surface area contributed by atoms with Gasteiger partial charge in [-0.25, -0.2) is 0 Å². The largest absolute Gasteiger partial charge is 0.397 e. The summed E-state index contributed by atoms with van der Waals surface area (Å²) in [4.78, 5) is 26.0. The van der Waals surface area contributed by atoms with E-state index in [0.717, 1.165) is 12.1 Å². The maximum Gasteiger partial charge on any atom is 0.248 e. The molecule has 0 aromatic heterocycles. The SMILES string of the molecule is CCCC(=O)N(c1ccccc1NC)c1c(C)cc(C(N)=O)cc1N. The van der Waals surface area contributed by atoms with E-state index in [9.17, 15) is 9.59 Å². The van der Waals surface area contributed by atoms with Gasteiger partial charge in [-0.2, -0.15) is 0 Å². The van der Waals surface area contributed by atoms with E-state index in [-0.39, 0.29) is 5.91 Å². The van der Waals surface area contributed by atoms with Crippen molar-refractivity contribution in [3.05, 3.63) is 47.5 Å². The molecular formula is C19H24N4O2. The predicted octanol–water partition coefficient (Wildman–Crippen LogP) is 3.18. The number of carbonyl (C=O) groups is 2. The van der Waals surface area contributed by atoms with Gasteiger partial charge in [0.1, 0.15) is 0 Å². The molecule has 0 radical (unpaired) electrons. The Balaban J connectivity index is 2.69. The smallest absolute Gasteiger partial charge is 0.248 e. The van der Waals surface area contributed by atoms with Gasteiger partial charge in [-0.05, 0) is 43.2 Å². The molecule has 0 heterocycles. The van der Waals surface area contributed by atoms with Gasteiger partial charge in [0.2, 0.25) is 11.8 Å². The number of nitrogen functional groups attached to an aromatic ring is 1. The van der Waals surface area contributed by atoms with Crippen LogP contribution >= 0.6 is 0 Å². The number of nitrogens with zero attached hydrogens (tertiary/aromatic N) is 1. The van der Waals surface area contributed by atoms with Crippen LogP contribution in [0.1, 0.15) is 35.7 Å². The molecule has 0 aliphatic heterocycles. The van der Waals surface area contributed by atoms with Crippen LogP contribution in [0.15, 0.2) is 36.4 Å². The molecule has 2 aromatic carbocycles. The Hall–Kier alpha value is -3.02. The van der Waals surface area contributed by atoms with Gasteiger partial charge >= 0.3 is 0 Å². The molecule has 2 aromatic rings. The van der Waals surface area contributed by atoms with E-state index in [4.69, 9.17) is 11.5 Å². The molecule has 2 amide bonds. The van der Waals surface area contributed by atoms with Crippen LogP contribution in [0.3, 0.4) is 0 Å². The number of para-hydroxylation sites is 2. The van der Waals surface area contributed by atoms with Gasteiger partial charge in [-0.15, -0.1) is 0 Å². The monoisotopic (exact) mass is 340 g/mol. The van der Waals surface area contributed by atoms with Crippen LogP contribution in [0, 0.1) is 6.92 Å². The Morgan fingerprint density at radius 3 is 2.44 bits per heavy atom. The van der Waals surface area contributed by atoms with Gasteiger partial charge in [-0.1, -0.05) is 19.1 Å². The number of primary amides is 1. The molecular weight excluding hydrogens is 316 g/mol. The fourth-order valence-corrected chi connectivity index (χ4v) is 2.84. The second kappa shape index (κ2) is 7.70. The summed E-state index contributed by atoms with van der Waals surface area (Å²) < 4.78 is 0. The third-order valence-corrected chi connectivity index (χ3v) is 3.97. The van der Waals surface area contributed by atoms with Crippen LogP contribution < -0.4 is 21.7 Å². The third kappa shape index (κ3) is 3.74. The quantitative estimate of drug-likeness (QED) is 0.703. The first kappa shape index (κ1) is 18.3. The number of nitrogens with two attached hydrogens (primary N) is 2. The maximum absolute atomic E-state index is 12.9. The van der Waals surface area contributed by atoms with Crippen LogP contribution in [0.25, 0.3) is 0 Å². The number of benzene rings is 2. The first-order valence-corrected chi connectivity index (χ1v) is 8.20. The number of aryl methyl sites for hydroxylation is 1. The number of nitrogens with one attached hydrogen (secondary N) is 1. The van der Waals surface area contributed by atoms with Crippen molar-refractivity contribution in [2.24, 2.45) is 5.73 Å². The molecule has 0 atom stereocenters. The Labute approximate surface area is 147 Å². The van der Waals surface area contributed by atoms with Gasteiger partial charge in [0, 0.05) is 19.0 Å². The fraction of sp³-hybridized carbons (Fsp3) is 0.263. The van der Waals surface area contributed by atoms with Crippen molar-refractivity contribution < 1.29 is 9.59 Å². The van der Waals surface area contributed by atoms with Crippen molar-refractivity contribution >= 4 is 34.6 Å². The number of amides is 2. The van der Waals surface area contributed by atoms with Crippen molar-refractivity contribution in [2.45, 2.75) is 26.7 Å². The van der Waals surface area contributed by atoms with E-state index in [1.54, 1.807) is 18.0 Å². The second-order valence-electron chi connectivity index (χ2n) is 5.84. The molecule has 25 heavy (non-hydrogen) atoms. The third-order valence-electron chi connectivity index (χ3n) is 3.97. The minimum Gasteiger partial charge on any atom is -0.397 e. The van der Waals surface area contributed by atoms with Crippen LogP contribution in [-0.2, 0) is 4.79 Å². The van der Waals surface area contributed by atoms with Crippen molar-refractivity contribution in [3.8, 4) is 0 Å². The zero-order chi connectivity index (χ0) is 18.6. The van der Waals surface area contributed by atoms with Gasteiger partial charge in [0.15, 0.2) is 0 Å².